The molecule has 1 aromatic rings. The number of rotatable bonds is 5. The molecule has 3 heteroatoms. The highest BCUT2D eigenvalue weighted by molar-refractivity contribution is 7.99. The maximum atomic E-state index is 6.07. The Morgan fingerprint density at radius 3 is 2.33 bits per heavy atom. The molecule has 0 heterocycles. The van der Waals surface area contributed by atoms with Gasteiger partial charge in [-0.2, -0.15) is 11.8 Å². The number of nitrogens with two attached hydrogens (primary N) is 1. The zero-order chi connectivity index (χ0) is 11.3. The zero-order valence-electron chi connectivity index (χ0n) is 9.57. The smallest absolute Gasteiger partial charge is 0.118 e. The van der Waals surface area contributed by atoms with Crippen LogP contribution in [0.25, 0.3) is 0 Å². The number of thioether (sulfide) groups is 1. The lowest BCUT2D eigenvalue weighted by Gasteiger charge is -2.13. The van der Waals surface area contributed by atoms with Gasteiger partial charge in [-0.05, 0) is 22.9 Å². The van der Waals surface area contributed by atoms with Gasteiger partial charge in [-0.25, -0.2) is 0 Å². The summed E-state index contributed by atoms with van der Waals surface area (Å²) in [5.41, 5.74) is 7.24. The lowest BCUT2D eigenvalue weighted by molar-refractivity contribution is 0.414. The number of hydrogen-bond donors (Lipinski definition) is 1. The van der Waals surface area contributed by atoms with Gasteiger partial charge in [0.25, 0.3) is 0 Å². The lowest BCUT2D eigenvalue weighted by atomic mass is 10.1. The second kappa shape index (κ2) is 6.03. The first kappa shape index (κ1) is 12.4. The summed E-state index contributed by atoms with van der Waals surface area (Å²) in [6, 6.07) is 8.09. The predicted molar refractivity (Wildman–Crippen MR) is 67.5 cm³/mol. The Kier molecular flexibility index (Phi) is 4.99. The molecule has 0 spiro atoms. The van der Waals surface area contributed by atoms with Crippen LogP contribution in [-0.4, -0.2) is 18.1 Å². The SMILES string of the molecule is COc1ccc(C(N)CSC(C)C)cc1. The van der Waals surface area contributed by atoms with Gasteiger partial charge >= 0.3 is 0 Å². The molecule has 0 amide bonds. The summed E-state index contributed by atoms with van der Waals surface area (Å²) in [6.07, 6.45) is 0. The molecule has 2 N–H and O–H groups in total. The first-order valence-corrected chi connectivity index (χ1v) is 6.19. The Morgan fingerprint density at radius 1 is 1.27 bits per heavy atom. The molecule has 0 aliphatic carbocycles. The maximum absolute atomic E-state index is 6.07. The summed E-state index contributed by atoms with van der Waals surface area (Å²) in [7, 11) is 1.67. The fourth-order valence-corrected chi connectivity index (χ4v) is 2.03. The van der Waals surface area contributed by atoms with E-state index in [4.69, 9.17) is 10.5 Å². The van der Waals surface area contributed by atoms with Crippen LogP contribution in [-0.2, 0) is 0 Å². The number of benzene rings is 1. The van der Waals surface area contributed by atoms with E-state index in [-0.39, 0.29) is 6.04 Å². The van der Waals surface area contributed by atoms with Crippen LogP contribution < -0.4 is 10.5 Å². The minimum atomic E-state index is 0.114. The van der Waals surface area contributed by atoms with Crippen LogP contribution >= 0.6 is 11.8 Å². The Hall–Kier alpha value is -0.670. The minimum Gasteiger partial charge on any atom is -0.497 e. The van der Waals surface area contributed by atoms with Crippen LogP contribution in [0.2, 0.25) is 0 Å². The molecule has 0 saturated heterocycles. The van der Waals surface area contributed by atoms with Crippen molar-refractivity contribution in [2.45, 2.75) is 25.1 Å². The van der Waals surface area contributed by atoms with Crippen molar-refractivity contribution in [1.29, 1.82) is 0 Å². The van der Waals surface area contributed by atoms with Crippen LogP contribution in [0, 0.1) is 0 Å². The monoisotopic (exact) mass is 225 g/mol. The summed E-state index contributed by atoms with van der Waals surface area (Å²) in [5.74, 6) is 1.84. The van der Waals surface area contributed by atoms with Gasteiger partial charge in [0.15, 0.2) is 0 Å². The van der Waals surface area contributed by atoms with E-state index in [9.17, 15) is 0 Å². The highest BCUT2D eigenvalue weighted by atomic mass is 32.2. The van der Waals surface area contributed by atoms with Crippen molar-refractivity contribution in [2.24, 2.45) is 5.73 Å². The van der Waals surface area contributed by atoms with Crippen molar-refractivity contribution >= 4 is 11.8 Å². The summed E-state index contributed by atoms with van der Waals surface area (Å²) in [4.78, 5) is 0. The summed E-state index contributed by atoms with van der Waals surface area (Å²) in [6.45, 7) is 4.37. The van der Waals surface area contributed by atoms with Crippen LogP contribution in [0.3, 0.4) is 0 Å². The molecule has 0 aliphatic heterocycles. The molecular weight excluding hydrogens is 206 g/mol. The Morgan fingerprint density at radius 2 is 1.87 bits per heavy atom. The molecule has 2 nitrogen and oxygen atoms in total. The summed E-state index contributed by atoms with van der Waals surface area (Å²) >= 11 is 1.89. The fraction of sp³-hybridized carbons (Fsp3) is 0.500. The van der Waals surface area contributed by atoms with Crippen molar-refractivity contribution in [3.05, 3.63) is 29.8 Å². The average Bonchev–Trinajstić information content (AvgIpc) is 2.26. The topological polar surface area (TPSA) is 35.2 Å². The zero-order valence-corrected chi connectivity index (χ0v) is 10.4. The number of hydrogen-bond acceptors (Lipinski definition) is 3. The molecule has 0 radical (unpaired) electrons. The third kappa shape index (κ3) is 4.14. The van der Waals surface area contributed by atoms with Crippen molar-refractivity contribution in [3.8, 4) is 5.75 Å². The Bertz CT molecular complexity index is 284. The quantitative estimate of drug-likeness (QED) is 0.837. The Labute approximate surface area is 96.2 Å². The van der Waals surface area contributed by atoms with E-state index in [2.05, 4.69) is 13.8 Å². The third-order valence-corrected chi connectivity index (χ3v) is 3.37. The number of ether oxygens (including phenoxy) is 1. The van der Waals surface area contributed by atoms with E-state index in [1.807, 2.05) is 36.0 Å². The average molecular weight is 225 g/mol. The molecule has 0 aromatic heterocycles. The molecule has 1 atom stereocenters. The normalized spacial score (nSPS) is 12.9. The summed E-state index contributed by atoms with van der Waals surface area (Å²) in [5, 5.41) is 0.634. The van der Waals surface area contributed by atoms with Crippen LogP contribution in [0.15, 0.2) is 24.3 Å². The second-order valence-electron chi connectivity index (χ2n) is 3.76. The van der Waals surface area contributed by atoms with E-state index in [1.165, 1.54) is 5.56 Å². The molecular formula is C12H19NOS. The van der Waals surface area contributed by atoms with E-state index in [0.717, 1.165) is 11.5 Å². The van der Waals surface area contributed by atoms with E-state index in [1.54, 1.807) is 7.11 Å². The lowest BCUT2D eigenvalue weighted by Crippen LogP contribution is -2.14. The molecule has 15 heavy (non-hydrogen) atoms. The van der Waals surface area contributed by atoms with Crippen molar-refractivity contribution in [3.63, 3.8) is 0 Å². The highest BCUT2D eigenvalue weighted by Crippen LogP contribution is 2.21. The molecule has 0 aliphatic rings. The van der Waals surface area contributed by atoms with Gasteiger partial charge in [0, 0.05) is 11.8 Å². The highest BCUT2D eigenvalue weighted by Gasteiger charge is 2.07. The van der Waals surface area contributed by atoms with E-state index in [0.29, 0.717) is 5.25 Å². The molecule has 84 valence electrons. The van der Waals surface area contributed by atoms with Gasteiger partial charge in [0.1, 0.15) is 5.75 Å². The van der Waals surface area contributed by atoms with Gasteiger partial charge in [-0.3, -0.25) is 0 Å². The molecule has 0 fully saturated rings. The van der Waals surface area contributed by atoms with Crippen LogP contribution in [0.1, 0.15) is 25.5 Å². The van der Waals surface area contributed by atoms with Crippen molar-refractivity contribution < 1.29 is 4.74 Å². The van der Waals surface area contributed by atoms with Gasteiger partial charge in [0.2, 0.25) is 0 Å². The molecule has 1 rings (SSSR count). The second-order valence-corrected chi connectivity index (χ2v) is 5.37. The molecule has 1 unspecified atom stereocenters. The largest absolute Gasteiger partial charge is 0.497 e. The van der Waals surface area contributed by atoms with Gasteiger partial charge in [-0.1, -0.05) is 26.0 Å². The Balaban J connectivity index is 2.54. The van der Waals surface area contributed by atoms with E-state index >= 15 is 0 Å². The molecule has 0 bridgehead atoms. The van der Waals surface area contributed by atoms with Crippen LogP contribution in [0.4, 0.5) is 0 Å². The number of methoxy groups -OCH3 is 1. The van der Waals surface area contributed by atoms with Gasteiger partial charge < -0.3 is 10.5 Å². The van der Waals surface area contributed by atoms with Gasteiger partial charge in [-0.15, -0.1) is 0 Å². The van der Waals surface area contributed by atoms with Crippen molar-refractivity contribution in [1.82, 2.24) is 0 Å². The van der Waals surface area contributed by atoms with Crippen LogP contribution in [0.5, 0.6) is 5.75 Å². The first-order valence-electron chi connectivity index (χ1n) is 5.14. The molecule has 1 aromatic carbocycles. The van der Waals surface area contributed by atoms with E-state index < -0.39 is 0 Å². The standard InChI is InChI=1S/C12H19NOS/c1-9(2)15-8-12(13)10-4-6-11(14-3)7-5-10/h4-7,9,12H,8,13H2,1-3H3. The van der Waals surface area contributed by atoms with Gasteiger partial charge in [0.05, 0.1) is 7.11 Å². The summed E-state index contributed by atoms with van der Waals surface area (Å²) < 4.78 is 5.10. The molecule has 0 saturated carbocycles. The predicted octanol–water partition coefficient (Wildman–Crippen LogP) is 2.84. The van der Waals surface area contributed by atoms with Crippen molar-refractivity contribution in [2.75, 3.05) is 12.9 Å². The third-order valence-electron chi connectivity index (χ3n) is 2.15. The minimum absolute atomic E-state index is 0.114. The maximum Gasteiger partial charge on any atom is 0.118 e. The first-order chi connectivity index (χ1) is 7.13. The fourth-order valence-electron chi connectivity index (χ4n) is 1.24.